The minimum absolute atomic E-state index is 0.0431. The monoisotopic (exact) mass is 368 g/mol. The number of piperidine rings is 1. The number of carbonyl (C=O) groups is 2. The minimum atomic E-state index is -0.302. The lowest BCUT2D eigenvalue weighted by Gasteiger charge is -2.27. The highest BCUT2D eigenvalue weighted by atomic mass is 16.5. The van der Waals surface area contributed by atoms with Gasteiger partial charge in [0, 0.05) is 24.8 Å². The van der Waals surface area contributed by atoms with Crippen LogP contribution >= 0.6 is 0 Å². The summed E-state index contributed by atoms with van der Waals surface area (Å²) in [6, 6.07) is 14.2. The zero-order chi connectivity index (χ0) is 19.1. The maximum absolute atomic E-state index is 12.8. The molecule has 2 aromatic carbocycles. The summed E-state index contributed by atoms with van der Waals surface area (Å²) in [5.41, 5.74) is 1.12. The van der Waals surface area contributed by atoms with E-state index in [4.69, 9.17) is 9.47 Å². The molecule has 2 amide bonds. The first-order valence-electron chi connectivity index (χ1n) is 9.12. The van der Waals surface area contributed by atoms with Crippen molar-refractivity contribution in [2.75, 3.05) is 32.1 Å². The quantitative estimate of drug-likeness (QED) is 0.849. The average Bonchev–Trinajstić information content (AvgIpc) is 2.72. The van der Waals surface area contributed by atoms with E-state index >= 15 is 0 Å². The first-order chi connectivity index (χ1) is 13.2. The number of amides is 2. The Kier molecular flexibility index (Phi) is 6.30. The molecular formula is C21H24N2O4. The molecule has 0 saturated carbocycles. The summed E-state index contributed by atoms with van der Waals surface area (Å²) >= 11 is 0. The van der Waals surface area contributed by atoms with Crippen LogP contribution in [0.5, 0.6) is 11.5 Å². The fraction of sp³-hybridized carbons (Fsp3) is 0.333. The molecule has 142 valence electrons. The van der Waals surface area contributed by atoms with E-state index in [0.29, 0.717) is 22.7 Å². The number of hydrogen-bond donors (Lipinski definition) is 1. The van der Waals surface area contributed by atoms with Gasteiger partial charge in [-0.3, -0.25) is 9.59 Å². The summed E-state index contributed by atoms with van der Waals surface area (Å²) in [6.45, 7) is 1.36. The topological polar surface area (TPSA) is 67.9 Å². The van der Waals surface area contributed by atoms with Gasteiger partial charge in [0.05, 0.1) is 12.7 Å². The van der Waals surface area contributed by atoms with Crippen molar-refractivity contribution < 1.29 is 19.1 Å². The lowest BCUT2D eigenvalue weighted by Crippen LogP contribution is -2.35. The lowest BCUT2D eigenvalue weighted by atomic mass is 10.1. The van der Waals surface area contributed by atoms with Gasteiger partial charge in [-0.2, -0.15) is 0 Å². The zero-order valence-corrected chi connectivity index (χ0v) is 15.4. The Morgan fingerprint density at radius 2 is 1.81 bits per heavy atom. The summed E-state index contributed by atoms with van der Waals surface area (Å²) in [5, 5.41) is 2.76. The van der Waals surface area contributed by atoms with E-state index < -0.39 is 0 Å². The predicted molar refractivity (Wildman–Crippen MR) is 103 cm³/mol. The standard InChI is InChI=1S/C21H24N2O4/c1-26-17-9-7-8-16(14-17)22-20(24)15-27-19-11-4-3-10-18(19)21(25)23-12-5-2-6-13-23/h3-4,7-11,14H,2,5-6,12-13,15H2,1H3,(H,22,24). The molecule has 1 saturated heterocycles. The predicted octanol–water partition coefficient (Wildman–Crippen LogP) is 3.34. The molecule has 3 rings (SSSR count). The van der Waals surface area contributed by atoms with Gasteiger partial charge < -0.3 is 19.7 Å². The van der Waals surface area contributed by atoms with E-state index in [0.717, 1.165) is 32.4 Å². The summed E-state index contributed by atoms with van der Waals surface area (Å²) in [4.78, 5) is 26.8. The first-order valence-corrected chi connectivity index (χ1v) is 9.12. The molecule has 1 aliphatic heterocycles. The number of anilines is 1. The second-order valence-corrected chi connectivity index (χ2v) is 6.42. The molecule has 6 nitrogen and oxygen atoms in total. The average molecular weight is 368 g/mol. The van der Waals surface area contributed by atoms with Crippen LogP contribution in [0, 0.1) is 0 Å². The van der Waals surface area contributed by atoms with Gasteiger partial charge in [0.15, 0.2) is 6.61 Å². The Balaban J connectivity index is 1.62. The second kappa shape index (κ2) is 9.07. The van der Waals surface area contributed by atoms with Gasteiger partial charge in [0.2, 0.25) is 0 Å². The fourth-order valence-electron chi connectivity index (χ4n) is 3.08. The number of benzene rings is 2. The number of hydrogen-bond acceptors (Lipinski definition) is 4. The van der Waals surface area contributed by atoms with Gasteiger partial charge in [0.25, 0.3) is 11.8 Å². The number of nitrogens with one attached hydrogen (secondary N) is 1. The van der Waals surface area contributed by atoms with Crippen molar-refractivity contribution >= 4 is 17.5 Å². The molecule has 0 radical (unpaired) electrons. The van der Waals surface area contributed by atoms with Crippen molar-refractivity contribution in [1.29, 1.82) is 0 Å². The van der Waals surface area contributed by atoms with Crippen molar-refractivity contribution in [3.8, 4) is 11.5 Å². The number of para-hydroxylation sites is 1. The molecule has 0 aliphatic carbocycles. The van der Waals surface area contributed by atoms with E-state index in [1.54, 1.807) is 55.6 Å². The zero-order valence-electron chi connectivity index (χ0n) is 15.4. The molecule has 2 aromatic rings. The summed E-state index contributed by atoms with van der Waals surface area (Å²) < 4.78 is 10.8. The summed E-state index contributed by atoms with van der Waals surface area (Å²) in [6.07, 6.45) is 3.21. The number of likely N-dealkylation sites (tertiary alicyclic amines) is 1. The molecule has 6 heteroatoms. The van der Waals surface area contributed by atoms with E-state index in [1.165, 1.54) is 0 Å². The largest absolute Gasteiger partial charge is 0.497 e. The van der Waals surface area contributed by atoms with Gasteiger partial charge in [-0.1, -0.05) is 18.2 Å². The third-order valence-corrected chi connectivity index (χ3v) is 4.47. The van der Waals surface area contributed by atoms with Crippen LogP contribution in [0.1, 0.15) is 29.6 Å². The van der Waals surface area contributed by atoms with Gasteiger partial charge in [0.1, 0.15) is 11.5 Å². The maximum atomic E-state index is 12.8. The molecule has 1 N–H and O–H groups in total. The number of methoxy groups -OCH3 is 1. The molecule has 27 heavy (non-hydrogen) atoms. The summed E-state index contributed by atoms with van der Waals surface area (Å²) in [5.74, 6) is 0.738. The Bertz CT molecular complexity index is 800. The van der Waals surface area contributed by atoms with Crippen LogP contribution in [0.4, 0.5) is 5.69 Å². The molecule has 0 bridgehead atoms. The fourth-order valence-corrected chi connectivity index (χ4v) is 3.08. The minimum Gasteiger partial charge on any atom is -0.497 e. The smallest absolute Gasteiger partial charge is 0.262 e. The normalized spacial score (nSPS) is 13.7. The molecule has 1 aliphatic rings. The molecule has 0 aromatic heterocycles. The van der Waals surface area contributed by atoms with Crippen molar-refractivity contribution in [3.05, 3.63) is 54.1 Å². The SMILES string of the molecule is COc1cccc(NC(=O)COc2ccccc2C(=O)N2CCCCC2)c1. The lowest BCUT2D eigenvalue weighted by molar-refractivity contribution is -0.118. The third-order valence-electron chi connectivity index (χ3n) is 4.47. The van der Waals surface area contributed by atoms with E-state index in [-0.39, 0.29) is 18.4 Å². The Labute approximate surface area is 159 Å². The molecule has 0 unspecified atom stereocenters. The van der Waals surface area contributed by atoms with Crippen molar-refractivity contribution in [3.63, 3.8) is 0 Å². The van der Waals surface area contributed by atoms with Crippen LogP contribution in [-0.4, -0.2) is 43.5 Å². The molecule has 0 atom stereocenters. The van der Waals surface area contributed by atoms with Crippen LogP contribution in [-0.2, 0) is 4.79 Å². The summed E-state index contributed by atoms with van der Waals surface area (Å²) in [7, 11) is 1.57. The Morgan fingerprint density at radius 3 is 2.59 bits per heavy atom. The van der Waals surface area contributed by atoms with Gasteiger partial charge in [-0.15, -0.1) is 0 Å². The molecular weight excluding hydrogens is 344 g/mol. The molecule has 0 spiro atoms. The van der Waals surface area contributed by atoms with Crippen molar-refractivity contribution in [1.82, 2.24) is 4.90 Å². The first kappa shape index (κ1) is 18.8. The van der Waals surface area contributed by atoms with E-state index in [2.05, 4.69) is 5.32 Å². The van der Waals surface area contributed by atoms with Gasteiger partial charge >= 0.3 is 0 Å². The van der Waals surface area contributed by atoms with Gasteiger partial charge in [-0.25, -0.2) is 0 Å². The van der Waals surface area contributed by atoms with Crippen molar-refractivity contribution in [2.45, 2.75) is 19.3 Å². The van der Waals surface area contributed by atoms with Gasteiger partial charge in [-0.05, 0) is 43.5 Å². The van der Waals surface area contributed by atoms with Crippen LogP contribution in [0.2, 0.25) is 0 Å². The highest BCUT2D eigenvalue weighted by molar-refractivity contribution is 5.97. The number of carbonyl (C=O) groups excluding carboxylic acids is 2. The number of ether oxygens (including phenoxy) is 2. The Morgan fingerprint density at radius 1 is 1.04 bits per heavy atom. The third kappa shape index (κ3) is 5.00. The second-order valence-electron chi connectivity index (χ2n) is 6.42. The molecule has 1 heterocycles. The van der Waals surface area contributed by atoms with Crippen LogP contribution in [0.25, 0.3) is 0 Å². The van der Waals surface area contributed by atoms with E-state index in [1.807, 2.05) is 4.90 Å². The van der Waals surface area contributed by atoms with Crippen LogP contribution in [0.3, 0.4) is 0 Å². The molecule has 1 fully saturated rings. The maximum Gasteiger partial charge on any atom is 0.262 e. The number of rotatable bonds is 6. The Hall–Kier alpha value is -3.02. The van der Waals surface area contributed by atoms with Crippen LogP contribution < -0.4 is 14.8 Å². The van der Waals surface area contributed by atoms with E-state index in [9.17, 15) is 9.59 Å². The highest BCUT2D eigenvalue weighted by Gasteiger charge is 2.21. The van der Waals surface area contributed by atoms with Crippen LogP contribution in [0.15, 0.2) is 48.5 Å². The van der Waals surface area contributed by atoms with Crippen molar-refractivity contribution in [2.24, 2.45) is 0 Å². The highest BCUT2D eigenvalue weighted by Crippen LogP contribution is 2.22. The number of nitrogens with zero attached hydrogens (tertiary/aromatic N) is 1.